The van der Waals surface area contributed by atoms with E-state index in [0.717, 1.165) is 43.0 Å². The van der Waals surface area contributed by atoms with Crippen molar-refractivity contribution in [2.75, 3.05) is 7.11 Å². The molecule has 11 heteroatoms. The van der Waals surface area contributed by atoms with Gasteiger partial charge in [0, 0.05) is 35.8 Å². The molecule has 0 spiro atoms. The highest BCUT2D eigenvalue weighted by atomic mass is 35.5. The zero-order valence-electron chi connectivity index (χ0n) is 18.7. The number of hydrogen-bond donors (Lipinski definition) is 1. The molecule has 0 aliphatic carbocycles. The summed E-state index contributed by atoms with van der Waals surface area (Å²) in [4.78, 5) is 22.8. The van der Waals surface area contributed by atoms with Crippen LogP contribution in [0.2, 0.25) is 5.02 Å². The first kappa shape index (κ1) is 26.2. The SMILES string of the molecule is COC(=O)Oc1ccc(-c2ccc(C(C)C(O)(c3ccc(=O)n(C)c3)C(F)(F)F)c(Cl)c2)cc1F. The molecule has 1 aromatic heterocycles. The molecule has 186 valence electrons. The van der Waals surface area contributed by atoms with Crippen molar-refractivity contribution in [3.63, 3.8) is 0 Å². The van der Waals surface area contributed by atoms with Gasteiger partial charge in [-0.1, -0.05) is 36.7 Å². The minimum absolute atomic E-state index is 0.0183. The van der Waals surface area contributed by atoms with Gasteiger partial charge in [-0.3, -0.25) is 4.79 Å². The fraction of sp³-hybridized carbons (Fsp3) is 0.250. The number of benzene rings is 2. The van der Waals surface area contributed by atoms with Gasteiger partial charge in [0.15, 0.2) is 17.2 Å². The fourth-order valence-corrected chi connectivity index (χ4v) is 4.00. The molecule has 0 bridgehead atoms. The highest BCUT2D eigenvalue weighted by Crippen LogP contribution is 2.49. The molecule has 1 heterocycles. The van der Waals surface area contributed by atoms with Crippen LogP contribution in [-0.2, 0) is 17.4 Å². The van der Waals surface area contributed by atoms with Crippen LogP contribution in [0.1, 0.15) is 24.0 Å². The highest BCUT2D eigenvalue weighted by Gasteiger charge is 2.59. The number of aliphatic hydroxyl groups is 1. The van der Waals surface area contributed by atoms with E-state index in [-0.39, 0.29) is 16.3 Å². The quantitative estimate of drug-likeness (QED) is 0.275. The third-order valence-corrected chi connectivity index (χ3v) is 6.00. The molecule has 35 heavy (non-hydrogen) atoms. The van der Waals surface area contributed by atoms with Crippen molar-refractivity contribution in [2.45, 2.75) is 24.6 Å². The largest absolute Gasteiger partial charge is 0.513 e. The van der Waals surface area contributed by atoms with E-state index in [2.05, 4.69) is 9.47 Å². The zero-order valence-corrected chi connectivity index (χ0v) is 19.4. The molecule has 0 radical (unpaired) electrons. The molecular formula is C24H20ClF4NO5. The minimum Gasteiger partial charge on any atom is -0.437 e. The molecule has 0 amide bonds. The Morgan fingerprint density at radius 2 is 1.71 bits per heavy atom. The van der Waals surface area contributed by atoms with Gasteiger partial charge in [0.05, 0.1) is 7.11 Å². The third-order valence-electron chi connectivity index (χ3n) is 5.68. The summed E-state index contributed by atoms with van der Waals surface area (Å²) in [5.41, 5.74) is -3.76. The topological polar surface area (TPSA) is 77.8 Å². The summed E-state index contributed by atoms with van der Waals surface area (Å²) >= 11 is 6.32. The normalized spacial score (nSPS) is 14.2. The summed E-state index contributed by atoms with van der Waals surface area (Å²) in [5.74, 6) is -2.82. The maximum atomic E-state index is 14.3. The van der Waals surface area contributed by atoms with Gasteiger partial charge in [0.1, 0.15) is 0 Å². The minimum atomic E-state index is -5.11. The zero-order chi connectivity index (χ0) is 26.1. The fourth-order valence-electron chi connectivity index (χ4n) is 3.66. The average molecular weight is 514 g/mol. The predicted molar refractivity (Wildman–Crippen MR) is 120 cm³/mol. The smallest absolute Gasteiger partial charge is 0.437 e. The Balaban J connectivity index is 2.01. The lowest BCUT2D eigenvalue weighted by atomic mass is 9.78. The number of aromatic nitrogens is 1. The van der Waals surface area contributed by atoms with Crippen molar-refractivity contribution >= 4 is 17.8 Å². The first-order valence-electron chi connectivity index (χ1n) is 10.1. The van der Waals surface area contributed by atoms with Crippen molar-refractivity contribution in [3.05, 3.63) is 87.0 Å². The molecule has 0 aliphatic heterocycles. The van der Waals surface area contributed by atoms with E-state index in [1.54, 1.807) is 0 Å². The third kappa shape index (κ3) is 5.03. The van der Waals surface area contributed by atoms with Gasteiger partial charge in [0.2, 0.25) is 5.56 Å². The lowest BCUT2D eigenvalue weighted by Gasteiger charge is -2.37. The number of aryl methyl sites for hydroxylation is 1. The molecule has 6 nitrogen and oxygen atoms in total. The molecule has 3 rings (SSSR count). The number of hydrogen-bond acceptors (Lipinski definition) is 5. The summed E-state index contributed by atoms with van der Waals surface area (Å²) in [7, 11) is 2.34. The number of nitrogens with zero attached hydrogens (tertiary/aromatic N) is 1. The Bertz CT molecular complexity index is 1320. The van der Waals surface area contributed by atoms with E-state index in [1.807, 2.05) is 0 Å². The standard InChI is InChI=1S/C24H20ClF4NO5/c1-13(23(33,24(27,28)29)16-6-9-21(31)30(2)12-16)17-7-4-14(10-18(17)25)15-5-8-20(19(26)11-15)35-22(32)34-3/h4-13,33H,1-3H3. The van der Waals surface area contributed by atoms with Crippen LogP contribution in [-0.4, -0.2) is 29.1 Å². The van der Waals surface area contributed by atoms with Gasteiger partial charge in [0.25, 0.3) is 0 Å². The molecule has 1 N–H and O–H groups in total. The van der Waals surface area contributed by atoms with Gasteiger partial charge in [-0.05, 0) is 41.0 Å². The number of halogens is 5. The summed E-state index contributed by atoms with van der Waals surface area (Å²) in [6, 6.07) is 9.59. The molecule has 2 unspecified atom stereocenters. The van der Waals surface area contributed by atoms with E-state index in [0.29, 0.717) is 11.1 Å². The van der Waals surface area contributed by atoms with E-state index < -0.39 is 40.8 Å². The van der Waals surface area contributed by atoms with Crippen LogP contribution in [0.3, 0.4) is 0 Å². The molecule has 2 aromatic carbocycles. The number of alkyl halides is 3. The number of carbonyl (C=O) groups excluding carboxylic acids is 1. The molecule has 3 aromatic rings. The Hall–Kier alpha value is -3.37. The van der Waals surface area contributed by atoms with E-state index in [4.69, 9.17) is 11.6 Å². The van der Waals surface area contributed by atoms with Gasteiger partial charge in [-0.15, -0.1) is 0 Å². The van der Waals surface area contributed by atoms with Crippen LogP contribution in [0.15, 0.2) is 59.5 Å². The lowest BCUT2D eigenvalue weighted by Crippen LogP contribution is -2.47. The van der Waals surface area contributed by atoms with Crippen LogP contribution in [0, 0.1) is 5.82 Å². The van der Waals surface area contributed by atoms with E-state index >= 15 is 0 Å². The van der Waals surface area contributed by atoms with Crippen LogP contribution >= 0.6 is 11.6 Å². The van der Waals surface area contributed by atoms with Crippen molar-refractivity contribution in [2.24, 2.45) is 7.05 Å². The Labute approximate surface area is 202 Å². The number of rotatable bonds is 5. The van der Waals surface area contributed by atoms with Crippen LogP contribution < -0.4 is 10.3 Å². The first-order chi connectivity index (χ1) is 16.3. The second-order valence-corrected chi connectivity index (χ2v) is 8.20. The maximum Gasteiger partial charge on any atom is 0.513 e. The molecule has 0 fully saturated rings. The number of carbonyl (C=O) groups is 1. The van der Waals surface area contributed by atoms with Crippen molar-refractivity contribution in [1.82, 2.24) is 4.57 Å². The van der Waals surface area contributed by atoms with Crippen LogP contribution in [0.25, 0.3) is 11.1 Å². The summed E-state index contributed by atoms with van der Waals surface area (Å²) in [6.45, 7) is 1.16. The molecule has 0 saturated carbocycles. The van der Waals surface area contributed by atoms with E-state index in [9.17, 15) is 32.3 Å². The van der Waals surface area contributed by atoms with Crippen LogP contribution in [0.5, 0.6) is 5.75 Å². The number of pyridine rings is 1. The van der Waals surface area contributed by atoms with Crippen molar-refractivity contribution in [1.29, 1.82) is 0 Å². The number of ether oxygens (including phenoxy) is 2. The maximum absolute atomic E-state index is 14.3. The van der Waals surface area contributed by atoms with Crippen molar-refractivity contribution < 1.29 is 36.9 Å². The highest BCUT2D eigenvalue weighted by molar-refractivity contribution is 6.31. The second-order valence-electron chi connectivity index (χ2n) is 7.79. The average Bonchev–Trinajstić information content (AvgIpc) is 2.80. The first-order valence-corrected chi connectivity index (χ1v) is 10.5. The summed E-state index contributed by atoms with van der Waals surface area (Å²) in [5, 5.41) is 10.8. The molecule has 0 saturated heterocycles. The van der Waals surface area contributed by atoms with Crippen molar-refractivity contribution in [3.8, 4) is 16.9 Å². The van der Waals surface area contributed by atoms with Gasteiger partial charge < -0.3 is 19.1 Å². The van der Waals surface area contributed by atoms with Gasteiger partial charge in [-0.25, -0.2) is 9.18 Å². The predicted octanol–water partition coefficient (Wildman–Crippen LogP) is 5.54. The molecular weight excluding hydrogens is 494 g/mol. The lowest BCUT2D eigenvalue weighted by molar-refractivity contribution is -0.274. The molecule has 0 aliphatic rings. The van der Waals surface area contributed by atoms with Gasteiger partial charge >= 0.3 is 12.3 Å². The van der Waals surface area contributed by atoms with E-state index in [1.165, 1.54) is 37.4 Å². The Kier molecular flexibility index (Phi) is 7.28. The summed E-state index contributed by atoms with van der Waals surface area (Å²) in [6.07, 6.45) is -5.28. The van der Waals surface area contributed by atoms with Crippen LogP contribution in [0.4, 0.5) is 22.4 Å². The van der Waals surface area contributed by atoms with Gasteiger partial charge in [-0.2, -0.15) is 13.2 Å². The number of methoxy groups -OCH3 is 1. The Morgan fingerprint density at radius 1 is 1.09 bits per heavy atom. The second kappa shape index (κ2) is 9.71. The monoisotopic (exact) mass is 513 g/mol. The molecule has 2 atom stereocenters. The summed E-state index contributed by atoms with van der Waals surface area (Å²) < 4.78 is 66.7. The Morgan fingerprint density at radius 3 is 2.26 bits per heavy atom.